The molecule has 0 aromatic heterocycles. The van der Waals surface area contributed by atoms with E-state index in [1.807, 2.05) is 30.3 Å². The van der Waals surface area contributed by atoms with Crippen LogP contribution in [0.1, 0.15) is 12.5 Å². The van der Waals surface area contributed by atoms with Crippen molar-refractivity contribution in [2.45, 2.75) is 19.4 Å². The van der Waals surface area contributed by atoms with Crippen molar-refractivity contribution in [1.29, 1.82) is 0 Å². The fraction of sp³-hybridized carbons (Fsp3) is 0.222. The molecule has 8 nitrogen and oxygen atoms in total. The van der Waals surface area contributed by atoms with Crippen molar-refractivity contribution in [2.75, 3.05) is 16.8 Å². The van der Waals surface area contributed by atoms with Gasteiger partial charge in [0.1, 0.15) is 6.61 Å². The van der Waals surface area contributed by atoms with Crippen molar-refractivity contribution in [3.8, 4) is 0 Å². The Bertz CT molecular complexity index is 853. The molecular weight excluding hydrogens is 338 g/mol. The molecule has 2 amide bonds. The van der Waals surface area contributed by atoms with Crippen LogP contribution in [0, 0.1) is 10.1 Å². The van der Waals surface area contributed by atoms with E-state index >= 15 is 0 Å². The molecule has 1 fully saturated rings. The molecule has 0 radical (unpaired) electrons. The normalized spacial score (nSPS) is 16.3. The number of non-ortho nitro benzene ring substituents is 1. The quantitative estimate of drug-likeness (QED) is 0.656. The van der Waals surface area contributed by atoms with Gasteiger partial charge in [0.15, 0.2) is 0 Å². The summed E-state index contributed by atoms with van der Waals surface area (Å²) in [6, 6.07) is 13.3. The number of hydrogen-bond acceptors (Lipinski definition) is 5. The summed E-state index contributed by atoms with van der Waals surface area (Å²) >= 11 is 0. The molecule has 2 aromatic rings. The first kappa shape index (κ1) is 17.4. The first-order valence-electron chi connectivity index (χ1n) is 8.01. The minimum absolute atomic E-state index is 0.176. The number of carbonyl (C=O) groups is 2. The fourth-order valence-electron chi connectivity index (χ4n) is 2.93. The van der Waals surface area contributed by atoms with Crippen LogP contribution in [-0.2, 0) is 16.0 Å². The average Bonchev–Trinajstić information content (AvgIpc) is 2.95. The molecule has 1 saturated heterocycles. The van der Waals surface area contributed by atoms with E-state index in [9.17, 15) is 19.7 Å². The highest BCUT2D eigenvalue weighted by Crippen LogP contribution is 2.34. The number of nitro groups is 1. The maximum atomic E-state index is 12.3. The molecule has 0 saturated carbocycles. The summed E-state index contributed by atoms with van der Waals surface area (Å²) in [7, 11) is 0. The summed E-state index contributed by atoms with van der Waals surface area (Å²) in [6.45, 7) is 1.50. The molecule has 1 heterocycles. The number of rotatable bonds is 5. The number of ether oxygens (including phenoxy) is 1. The maximum Gasteiger partial charge on any atom is 0.414 e. The number of cyclic esters (lactones) is 1. The third-order valence-electron chi connectivity index (χ3n) is 4.04. The van der Waals surface area contributed by atoms with Gasteiger partial charge in [-0.15, -0.1) is 0 Å². The number of anilines is 2. The lowest BCUT2D eigenvalue weighted by Gasteiger charge is -2.24. The van der Waals surface area contributed by atoms with E-state index in [4.69, 9.17) is 4.74 Å². The minimum Gasteiger partial charge on any atom is -0.447 e. The molecule has 1 aliphatic heterocycles. The van der Waals surface area contributed by atoms with E-state index in [2.05, 4.69) is 5.32 Å². The second-order valence-electron chi connectivity index (χ2n) is 5.93. The number of nitrogens with zero attached hydrogens (tertiary/aromatic N) is 2. The molecule has 1 N–H and O–H groups in total. The molecule has 0 bridgehead atoms. The Labute approximate surface area is 149 Å². The molecule has 1 atom stereocenters. The third kappa shape index (κ3) is 3.64. The Morgan fingerprint density at radius 1 is 1.31 bits per heavy atom. The van der Waals surface area contributed by atoms with E-state index in [0.29, 0.717) is 12.1 Å². The Morgan fingerprint density at radius 3 is 2.69 bits per heavy atom. The summed E-state index contributed by atoms with van der Waals surface area (Å²) in [5, 5.41) is 13.6. The van der Waals surface area contributed by atoms with Crippen molar-refractivity contribution in [3.05, 3.63) is 64.2 Å². The monoisotopic (exact) mass is 355 g/mol. The van der Waals surface area contributed by atoms with Crippen LogP contribution in [-0.4, -0.2) is 29.6 Å². The Balaban J connectivity index is 1.97. The molecule has 1 aliphatic rings. The average molecular weight is 355 g/mol. The lowest BCUT2D eigenvalue weighted by molar-refractivity contribution is -0.384. The van der Waals surface area contributed by atoms with Crippen LogP contribution in [0.3, 0.4) is 0 Å². The Kier molecular flexibility index (Phi) is 4.83. The minimum atomic E-state index is -0.557. The van der Waals surface area contributed by atoms with E-state index < -0.39 is 11.0 Å². The van der Waals surface area contributed by atoms with Gasteiger partial charge in [-0.05, 0) is 18.1 Å². The first-order valence-corrected chi connectivity index (χ1v) is 8.01. The summed E-state index contributed by atoms with van der Waals surface area (Å²) in [5.74, 6) is -0.390. The summed E-state index contributed by atoms with van der Waals surface area (Å²) in [5.41, 5.74) is 1.42. The Hall–Kier alpha value is -3.42. The zero-order valence-electron chi connectivity index (χ0n) is 14.0. The summed E-state index contributed by atoms with van der Waals surface area (Å²) in [6.07, 6.45) is 0.00897. The highest BCUT2D eigenvalue weighted by Gasteiger charge is 2.36. The van der Waals surface area contributed by atoms with Gasteiger partial charge in [0.05, 0.1) is 22.3 Å². The highest BCUT2D eigenvalue weighted by molar-refractivity contribution is 5.99. The zero-order valence-corrected chi connectivity index (χ0v) is 14.0. The number of nitrogens with one attached hydrogen (secondary N) is 1. The van der Waals surface area contributed by atoms with Crippen LogP contribution in [0.2, 0.25) is 0 Å². The zero-order chi connectivity index (χ0) is 18.7. The van der Waals surface area contributed by atoms with Gasteiger partial charge >= 0.3 is 6.09 Å². The SMILES string of the molecule is CC(=O)Nc1cc([N+](=O)[O-])ccc1N1C(=O)OCC1Cc1ccccc1. The predicted molar refractivity (Wildman–Crippen MR) is 95.2 cm³/mol. The fourth-order valence-corrected chi connectivity index (χ4v) is 2.93. The van der Waals surface area contributed by atoms with Crippen molar-refractivity contribution >= 4 is 29.1 Å². The van der Waals surface area contributed by atoms with Crippen LogP contribution in [0.5, 0.6) is 0 Å². The lowest BCUT2D eigenvalue weighted by atomic mass is 10.0. The molecule has 26 heavy (non-hydrogen) atoms. The molecule has 134 valence electrons. The van der Waals surface area contributed by atoms with Crippen LogP contribution < -0.4 is 10.2 Å². The number of nitro benzene ring substituents is 1. The molecule has 0 aliphatic carbocycles. The summed E-state index contributed by atoms with van der Waals surface area (Å²) in [4.78, 5) is 35.7. The van der Waals surface area contributed by atoms with Crippen molar-refractivity contribution in [3.63, 3.8) is 0 Å². The predicted octanol–water partition coefficient (Wildman–Crippen LogP) is 3.12. The van der Waals surface area contributed by atoms with E-state index in [1.54, 1.807) is 0 Å². The van der Waals surface area contributed by atoms with Crippen LogP contribution in [0.15, 0.2) is 48.5 Å². The molecule has 8 heteroatoms. The van der Waals surface area contributed by atoms with Crippen molar-refractivity contribution in [1.82, 2.24) is 0 Å². The number of benzene rings is 2. The van der Waals surface area contributed by atoms with E-state index in [1.165, 1.54) is 30.0 Å². The third-order valence-corrected chi connectivity index (χ3v) is 4.04. The van der Waals surface area contributed by atoms with E-state index in [-0.39, 0.29) is 29.9 Å². The van der Waals surface area contributed by atoms with Gasteiger partial charge in [-0.25, -0.2) is 4.79 Å². The number of carbonyl (C=O) groups excluding carboxylic acids is 2. The van der Waals surface area contributed by atoms with E-state index in [0.717, 1.165) is 5.56 Å². The van der Waals surface area contributed by atoms with Gasteiger partial charge in [-0.3, -0.25) is 19.8 Å². The summed E-state index contributed by atoms with van der Waals surface area (Å²) < 4.78 is 5.18. The van der Waals surface area contributed by atoms with Gasteiger partial charge in [0.2, 0.25) is 5.91 Å². The highest BCUT2D eigenvalue weighted by atomic mass is 16.6. The first-order chi connectivity index (χ1) is 12.5. The molecule has 1 unspecified atom stereocenters. The van der Waals surface area contributed by atoms with Crippen LogP contribution >= 0.6 is 0 Å². The van der Waals surface area contributed by atoms with Crippen LogP contribution in [0.25, 0.3) is 0 Å². The van der Waals surface area contributed by atoms with Gasteiger partial charge in [0, 0.05) is 19.1 Å². The standard InChI is InChI=1S/C18H17N3O5/c1-12(22)19-16-10-14(21(24)25)7-8-17(16)20-15(11-26-18(20)23)9-13-5-3-2-4-6-13/h2-8,10,15H,9,11H2,1H3,(H,19,22). The molecule has 3 rings (SSSR count). The van der Waals surface area contributed by atoms with Gasteiger partial charge in [-0.2, -0.15) is 0 Å². The number of amides is 2. The van der Waals surface area contributed by atoms with Crippen LogP contribution in [0.4, 0.5) is 21.9 Å². The smallest absolute Gasteiger partial charge is 0.414 e. The Morgan fingerprint density at radius 2 is 2.04 bits per heavy atom. The number of hydrogen-bond donors (Lipinski definition) is 1. The largest absolute Gasteiger partial charge is 0.447 e. The van der Waals surface area contributed by atoms with Gasteiger partial charge < -0.3 is 10.1 Å². The van der Waals surface area contributed by atoms with Crippen molar-refractivity contribution < 1.29 is 19.2 Å². The molecular formula is C18H17N3O5. The molecule has 0 spiro atoms. The topological polar surface area (TPSA) is 102 Å². The van der Waals surface area contributed by atoms with Gasteiger partial charge in [0.25, 0.3) is 5.69 Å². The molecule has 2 aromatic carbocycles. The lowest BCUT2D eigenvalue weighted by Crippen LogP contribution is -2.35. The maximum absolute atomic E-state index is 12.3. The second-order valence-corrected chi connectivity index (χ2v) is 5.93. The second kappa shape index (κ2) is 7.22. The van der Waals surface area contributed by atoms with Crippen molar-refractivity contribution in [2.24, 2.45) is 0 Å². The van der Waals surface area contributed by atoms with Gasteiger partial charge in [-0.1, -0.05) is 30.3 Å².